The fraction of sp³-hybridized carbons (Fsp3) is 0. The van der Waals surface area contributed by atoms with E-state index in [9.17, 15) is 0 Å². The van der Waals surface area contributed by atoms with Gasteiger partial charge < -0.3 is 11.0 Å². The van der Waals surface area contributed by atoms with Gasteiger partial charge in [0.2, 0.25) is 0 Å². The lowest BCUT2D eigenvalue weighted by Gasteiger charge is -1.69. The first-order valence-electron chi connectivity index (χ1n) is 4.00. The van der Waals surface area contributed by atoms with Gasteiger partial charge in [0.1, 0.15) is 0 Å². The summed E-state index contributed by atoms with van der Waals surface area (Å²) in [6.07, 6.45) is 0. The van der Waals surface area contributed by atoms with Gasteiger partial charge in [-0.1, -0.05) is 72.8 Å². The Hall–Kier alpha value is -1.64. The van der Waals surface area contributed by atoms with Gasteiger partial charge in [-0.2, -0.15) is 0 Å². The summed E-state index contributed by atoms with van der Waals surface area (Å²) < 4.78 is 0. The van der Waals surface area contributed by atoms with Crippen molar-refractivity contribution in [3.05, 3.63) is 72.8 Å². The quantitative estimate of drug-likeness (QED) is 0.610. The van der Waals surface area contributed by atoms with E-state index in [1.54, 1.807) is 0 Å². The summed E-state index contributed by atoms with van der Waals surface area (Å²) in [5.41, 5.74) is 0. The average Bonchev–Trinajstić information content (AvgIpc) is 2.24. The summed E-state index contributed by atoms with van der Waals surface area (Å²) in [7, 11) is 0. The van der Waals surface area contributed by atoms with E-state index >= 15 is 0 Å². The van der Waals surface area contributed by atoms with Crippen LogP contribution in [0.5, 0.6) is 0 Å². The lowest BCUT2D eigenvalue weighted by molar-refractivity contribution is 0.823. The first kappa shape index (κ1) is 14.9. The summed E-state index contributed by atoms with van der Waals surface area (Å²) in [6, 6.07) is 24.0. The van der Waals surface area contributed by atoms with Crippen LogP contribution in [0.4, 0.5) is 0 Å². The monoisotopic (exact) mass is 192 g/mol. The average molecular weight is 192 g/mol. The van der Waals surface area contributed by atoms with E-state index in [1.165, 1.54) is 0 Å². The second-order valence-corrected chi connectivity index (χ2v) is 2.31. The Morgan fingerprint density at radius 1 is 0.214 bits per heavy atom. The maximum absolute atomic E-state index is 2.00. The van der Waals surface area contributed by atoms with E-state index in [2.05, 4.69) is 0 Å². The van der Waals surface area contributed by atoms with Crippen LogP contribution in [0, 0.1) is 0 Å². The second kappa shape index (κ2) is 11.4. The molecule has 0 aliphatic carbocycles. The molecule has 0 atom stereocenters. The third-order valence-corrected chi connectivity index (χ3v) is 1.33. The van der Waals surface area contributed by atoms with Crippen molar-refractivity contribution in [1.82, 2.24) is 0 Å². The molecule has 2 nitrogen and oxygen atoms in total. The van der Waals surface area contributed by atoms with Gasteiger partial charge in [0, 0.05) is 0 Å². The standard InChI is InChI=1S/2C6H6.2H2O/c2*1-2-4-6-5-3-1;;/h2*1-6H;2*1H2. The minimum absolute atomic E-state index is 0. The van der Waals surface area contributed by atoms with Crippen molar-refractivity contribution in [2.24, 2.45) is 0 Å². The highest BCUT2D eigenvalue weighted by Gasteiger charge is 1.58. The Morgan fingerprint density at radius 2 is 0.286 bits per heavy atom. The fourth-order valence-corrected chi connectivity index (χ4v) is 0.770. The van der Waals surface area contributed by atoms with E-state index in [1.807, 2.05) is 72.8 Å². The van der Waals surface area contributed by atoms with E-state index in [0.29, 0.717) is 0 Å². The Kier molecular flexibility index (Phi) is 12.1. The molecule has 0 heterocycles. The van der Waals surface area contributed by atoms with Crippen molar-refractivity contribution < 1.29 is 11.0 Å². The molecule has 0 amide bonds. The highest BCUT2D eigenvalue weighted by molar-refractivity contribution is 4.99. The topological polar surface area (TPSA) is 63.0 Å². The molecule has 14 heavy (non-hydrogen) atoms. The molecule has 4 N–H and O–H groups in total. The van der Waals surface area contributed by atoms with Crippen molar-refractivity contribution in [3.8, 4) is 0 Å². The molecule has 0 aliphatic heterocycles. The Bertz CT molecular complexity index is 184. The zero-order valence-corrected chi connectivity index (χ0v) is 7.93. The number of hydrogen-bond acceptors (Lipinski definition) is 0. The molecule has 0 aromatic heterocycles. The molecule has 2 heteroatoms. The number of benzene rings is 2. The Labute approximate surface area is 84.5 Å². The SMILES string of the molecule is O.O.c1ccccc1.c1ccccc1. The van der Waals surface area contributed by atoms with Crippen molar-refractivity contribution >= 4 is 0 Å². The maximum Gasteiger partial charge on any atom is -0.0623 e. The van der Waals surface area contributed by atoms with Crippen LogP contribution in [0.15, 0.2) is 72.8 Å². The molecule has 0 unspecified atom stereocenters. The van der Waals surface area contributed by atoms with Crippen LogP contribution >= 0.6 is 0 Å². The van der Waals surface area contributed by atoms with Gasteiger partial charge in [0.15, 0.2) is 0 Å². The van der Waals surface area contributed by atoms with Crippen molar-refractivity contribution in [3.63, 3.8) is 0 Å². The van der Waals surface area contributed by atoms with Crippen LogP contribution in [0.1, 0.15) is 0 Å². The van der Waals surface area contributed by atoms with Crippen LogP contribution in [0.3, 0.4) is 0 Å². The summed E-state index contributed by atoms with van der Waals surface area (Å²) in [6.45, 7) is 0. The molecular formula is C12H16O2. The van der Waals surface area contributed by atoms with Crippen LogP contribution in [0.25, 0.3) is 0 Å². The van der Waals surface area contributed by atoms with Gasteiger partial charge >= 0.3 is 0 Å². The molecule has 2 rings (SSSR count). The summed E-state index contributed by atoms with van der Waals surface area (Å²) >= 11 is 0. The second-order valence-electron chi connectivity index (χ2n) is 2.31. The molecule has 2 aromatic rings. The Balaban J connectivity index is 0. The lowest BCUT2D eigenvalue weighted by atomic mass is 10.4. The van der Waals surface area contributed by atoms with Gasteiger partial charge in [0.05, 0.1) is 0 Å². The van der Waals surface area contributed by atoms with Crippen LogP contribution in [-0.2, 0) is 0 Å². The smallest absolute Gasteiger partial charge is 0.0623 e. The van der Waals surface area contributed by atoms with Gasteiger partial charge in [-0.05, 0) is 0 Å². The molecule has 0 radical (unpaired) electrons. The van der Waals surface area contributed by atoms with E-state index < -0.39 is 0 Å². The highest BCUT2D eigenvalue weighted by Crippen LogP contribution is 1.80. The maximum atomic E-state index is 2.00. The molecule has 0 spiro atoms. The fourth-order valence-electron chi connectivity index (χ4n) is 0.770. The first-order chi connectivity index (χ1) is 6.00. The predicted octanol–water partition coefficient (Wildman–Crippen LogP) is 1.72. The Morgan fingerprint density at radius 3 is 0.357 bits per heavy atom. The van der Waals surface area contributed by atoms with Crippen molar-refractivity contribution in [1.29, 1.82) is 0 Å². The molecule has 0 saturated heterocycles. The third-order valence-electron chi connectivity index (χ3n) is 1.33. The molecular weight excluding hydrogens is 176 g/mol. The normalized spacial score (nSPS) is 6.86. The molecule has 0 bridgehead atoms. The zero-order valence-electron chi connectivity index (χ0n) is 7.93. The van der Waals surface area contributed by atoms with Crippen LogP contribution in [-0.4, -0.2) is 11.0 Å². The van der Waals surface area contributed by atoms with Crippen LogP contribution in [0.2, 0.25) is 0 Å². The first-order valence-corrected chi connectivity index (χ1v) is 4.00. The molecule has 76 valence electrons. The molecule has 0 saturated carbocycles. The molecule has 2 aromatic carbocycles. The summed E-state index contributed by atoms with van der Waals surface area (Å²) in [5, 5.41) is 0. The van der Waals surface area contributed by atoms with E-state index in [4.69, 9.17) is 0 Å². The van der Waals surface area contributed by atoms with Gasteiger partial charge in [0.25, 0.3) is 0 Å². The minimum Gasteiger partial charge on any atom is -0.412 e. The van der Waals surface area contributed by atoms with Gasteiger partial charge in [-0.3, -0.25) is 0 Å². The van der Waals surface area contributed by atoms with Crippen LogP contribution < -0.4 is 0 Å². The number of rotatable bonds is 0. The summed E-state index contributed by atoms with van der Waals surface area (Å²) in [4.78, 5) is 0. The predicted molar refractivity (Wildman–Crippen MR) is 60.1 cm³/mol. The largest absolute Gasteiger partial charge is 0.412 e. The zero-order chi connectivity index (χ0) is 8.49. The van der Waals surface area contributed by atoms with Crippen molar-refractivity contribution in [2.75, 3.05) is 0 Å². The van der Waals surface area contributed by atoms with Crippen molar-refractivity contribution in [2.45, 2.75) is 0 Å². The van der Waals surface area contributed by atoms with Gasteiger partial charge in [-0.15, -0.1) is 0 Å². The number of hydrogen-bond donors (Lipinski definition) is 0. The van der Waals surface area contributed by atoms with E-state index in [0.717, 1.165) is 0 Å². The third kappa shape index (κ3) is 8.46. The highest BCUT2D eigenvalue weighted by atomic mass is 16.0. The molecule has 0 fully saturated rings. The summed E-state index contributed by atoms with van der Waals surface area (Å²) in [5.74, 6) is 0. The minimum atomic E-state index is 0. The van der Waals surface area contributed by atoms with Gasteiger partial charge in [-0.25, -0.2) is 0 Å². The lowest BCUT2D eigenvalue weighted by Crippen LogP contribution is -1.47. The molecule has 0 aliphatic rings. The van der Waals surface area contributed by atoms with E-state index in [-0.39, 0.29) is 11.0 Å².